The minimum atomic E-state index is -1.01. The highest BCUT2D eigenvalue weighted by Gasteiger charge is 2.43. The molecule has 0 aliphatic rings. The van der Waals surface area contributed by atoms with Crippen molar-refractivity contribution < 1.29 is 14.3 Å². The number of anilines is 1. The Balaban J connectivity index is 1.61. The Morgan fingerprint density at radius 1 is 0.773 bits per heavy atom. The number of aromatic nitrogens is 3. The van der Waals surface area contributed by atoms with Crippen molar-refractivity contribution in [2.24, 2.45) is 0 Å². The molecule has 2 aromatic heterocycles. The number of benzene rings is 4. The average molecular weight is 582 g/mol. The molecule has 0 unspecified atom stereocenters. The molecule has 0 saturated carbocycles. The van der Waals surface area contributed by atoms with E-state index in [0.717, 1.165) is 22.3 Å². The lowest BCUT2D eigenvalue weighted by Gasteiger charge is -2.36. The number of carbonyl (C=O) groups excluding carboxylic acids is 2. The number of hydrogen-bond donors (Lipinski definition) is 3. The number of amides is 2. The summed E-state index contributed by atoms with van der Waals surface area (Å²) >= 11 is 0. The van der Waals surface area contributed by atoms with Crippen LogP contribution in [0.1, 0.15) is 51.4 Å². The molecule has 8 heteroatoms. The molecule has 4 aromatic carbocycles. The highest BCUT2D eigenvalue weighted by molar-refractivity contribution is 6.05. The van der Waals surface area contributed by atoms with Crippen molar-refractivity contribution in [3.63, 3.8) is 0 Å². The lowest BCUT2D eigenvalue weighted by Crippen LogP contribution is -2.34. The third-order valence-electron chi connectivity index (χ3n) is 7.79. The Bertz CT molecular complexity index is 1800. The molecular formula is C36H31N5O3. The van der Waals surface area contributed by atoms with Gasteiger partial charge in [-0.3, -0.25) is 10.4 Å². The van der Waals surface area contributed by atoms with Crippen molar-refractivity contribution in [3.05, 3.63) is 161 Å². The first-order valence-electron chi connectivity index (χ1n) is 14.3. The van der Waals surface area contributed by atoms with Gasteiger partial charge in [0.25, 0.3) is 0 Å². The van der Waals surface area contributed by atoms with Crippen LogP contribution in [0.15, 0.2) is 127 Å². The van der Waals surface area contributed by atoms with E-state index in [9.17, 15) is 9.59 Å². The van der Waals surface area contributed by atoms with Gasteiger partial charge in [-0.15, -0.1) is 0 Å². The van der Waals surface area contributed by atoms with Gasteiger partial charge in [-0.1, -0.05) is 121 Å². The van der Waals surface area contributed by atoms with Gasteiger partial charge in [-0.2, -0.15) is 5.10 Å². The van der Waals surface area contributed by atoms with Gasteiger partial charge in [0.15, 0.2) is 5.69 Å². The molecule has 8 nitrogen and oxygen atoms in total. The van der Waals surface area contributed by atoms with Crippen molar-refractivity contribution in [2.75, 3.05) is 12.4 Å². The standard InChI is InChI=1S/C36H31N5O3/c1-24(25-15-7-3-8-16-25)37-35(43)39-30-23-29-31(32(41-40-29)34(42)44-2)33(38-30)36(26-17-9-4-10-18-26,27-19-11-5-12-20-27)28-21-13-6-14-22-28/h3-24H,1-2H3,(H,40,41)(H2,37,38,39,43)/t24-/m1/s1. The monoisotopic (exact) mass is 581 g/mol. The Kier molecular flexibility index (Phi) is 7.88. The maximum Gasteiger partial charge on any atom is 0.359 e. The van der Waals surface area contributed by atoms with Gasteiger partial charge >= 0.3 is 12.0 Å². The van der Waals surface area contributed by atoms with Crippen molar-refractivity contribution in [2.45, 2.75) is 18.4 Å². The summed E-state index contributed by atoms with van der Waals surface area (Å²) in [5.41, 5.74) is 3.85. The number of hydrogen-bond acceptors (Lipinski definition) is 5. The van der Waals surface area contributed by atoms with Gasteiger partial charge < -0.3 is 10.1 Å². The van der Waals surface area contributed by atoms with E-state index in [4.69, 9.17) is 9.72 Å². The summed E-state index contributed by atoms with van der Waals surface area (Å²) in [4.78, 5) is 31.5. The maximum absolute atomic E-state index is 13.3. The van der Waals surface area contributed by atoms with Crippen LogP contribution >= 0.6 is 0 Å². The number of nitrogens with zero attached hydrogens (tertiary/aromatic N) is 2. The van der Waals surface area contributed by atoms with E-state index >= 15 is 0 Å². The van der Waals surface area contributed by atoms with Gasteiger partial charge in [0.05, 0.1) is 35.2 Å². The largest absolute Gasteiger partial charge is 0.464 e. The number of nitrogens with one attached hydrogen (secondary N) is 3. The predicted octanol–water partition coefficient (Wildman–Crippen LogP) is 7.01. The van der Waals surface area contributed by atoms with Gasteiger partial charge in [-0.05, 0) is 29.2 Å². The number of esters is 1. The van der Waals surface area contributed by atoms with E-state index in [1.807, 2.05) is 128 Å². The normalized spacial score (nSPS) is 12.0. The Morgan fingerprint density at radius 3 is 1.77 bits per heavy atom. The summed E-state index contributed by atoms with van der Waals surface area (Å²) in [6.07, 6.45) is 0. The molecule has 6 aromatic rings. The molecule has 3 N–H and O–H groups in total. The molecule has 218 valence electrons. The van der Waals surface area contributed by atoms with Crippen LogP contribution < -0.4 is 10.6 Å². The number of pyridine rings is 1. The molecule has 2 heterocycles. The topological polar surface area (TPSA) is 109 Å². The molecule has 0 bridgehead atoms. The maximum atomic E-state index is 13.3. The van der Waals surface area contributed by atoms with E-state index in [0.29, 0.717) is 16.6 Å². The molecule has 1 atom stereocenters. The molecule has 0 radical (unpaired) electrons. The quantitative estimate of drug-likeness (QED) is 0.132. The molecular weight excluding hydrogens is 550 g/mol. The lowest BCUT2D eigenvalue weighted by molar-refractivity contribution is 0.0596. The number of methoxy groups -OCH3 is 1. The predicted molar refractivity (Wildman–Crippen MR) is 171 cm³/mol. The van der Waals surface area contributed by atoms with Crippen molar-refractivity contribution in [1.82, 2.24) is 20.5 Å². The first-order valence-corrected chi connectivity index (χ1v) is 14.3. The first-order chi connectivity index (χ1) is 21.5. The molecule has 0 aliphatic carbocycles. The Hall–Kier alpha value is -5.76. The minimum Gasteiger partial charge on any atom is -0.464 e. The SMILES string of the molecule is COC(=O)c1n[nH]c2cc(NC(=O)N[C@H](C)c3ccccc3)nc(C(c3ccccc3)(c3ccccc3)c3ccccc3)c12. The molecule has 44 heavy (non-hydrogen) atoms. The van der Waals surface area contributed by atoms with E-state index in [2.05, 4.69) is 20.8 Å². The number of urea groups is 1. The van der Waals surface area contributed by atoms with Gasteiger partial charge in [-0.25, -0.2) is 14.6 Å². The zero-order chi connectivity index (χ0) is 30.5. The van der Waals surface area contributed by atoms with Crippen LogP contribution in [0.2, 0.25) is 0 Å². The number of H-pyrrole nitrogens is 1. The summed E-state index contributed by atoms with van der Waals surface area (Å²) < 4.78 is 5.14. The third kappa shape index (κ3) is 5.18. The first kappa shape index (κ1) is 28.4. The third-order valence-corrected chi connectivity index (χ3v) is 7.79. The summed E-state index contributed by atoms with van der Waals surface area (Å²) in [5.74, 6) is -0.310. The number of carbonyl (C=O) groups is 2. The zero-order valence-corrected chi connectivity index (χ0v) is 24.3. The second-order valence-corrected chi connectivity index (χ2v) is 10.4. The summed E-state index contributed by atoms with van der Waals surface area (Å²) in [7, 11) is 1.32. The van der Waals surface area contributed by atoms with Crippen LogP contribution in [0.3, 0.4) is 0 Å². The molecule has 0 spiro atoms. The van der Waals surface area contributed by atoms with E-state index < -0.39 is 17.4 Å². The molecule has 0 saturated heterocycles. The van der Waals surface area contributed by atoms with Crippen LogP contribution in [0.4, 0.5) is 10.6 Å². The van der Waals surface area contributed by atoms with Crippen LogP contribution in [0.5, 0.6) is 0 Å². The highest BCUT2D eigenvalue weighted by atomic mass is 16.5. The molecule has 2 amide bonds. The number of aromatic amines is 1. The van der Waals surface area contributed by atoms with Crippen LogP contribution in [-0.2, 0) is 10.2 Å². The van der Waals surface area contributed by atoms with Crippen LogP contribution in [0, 0.1) is 0 Å². The highest BCUT2D eigenvalue weighted by Crippen LogP contribution is 2.47. The van der Waals surface area contributed by atoms with Crippen LogP contribution in [0.25, 0.3) is 10.9 Å². The lowest BCUT2D eigenvalue weighted by atomic mass is 9.66. The number of ether oxygens (including phenoxy) is 1. The van der Waals surface area contributed by atoms with Crippen molar-refractivity contribution in [1.29, 1.82) is 0 Å². The van der Waals surface area contributed by atoms with Gasteiger partial charge in [0, 0.05) is 6.07 Å². The molecule has 0 fully saturated rings. The Morgan fingerprint density at radius 2 is 1.27 bits per heavy atom. The second kappa shape index (κ2) is 12.2. The molecule has 6 rings (SSSR count). The summed E-state index contributed by atoms with van der Waals surface area (Å²) in [6.45, 7) is 1.92. The summed E-state index contributed by atoms with van der Waals surface area (Å²) in [5, 5.41) is 13.8. The number of fused-ring (bicyclic) bond motifs is 1. The smallest absolute Gasteiger partial charge is 0.359 e. The number of rotatable bonds is 8. The summed E-state index contributed by atoms with van der Waals surface area (Å²) in [6, 6.07) is 40.7. The van der Waals surface area contributed by atoms with Crippen molar-refractivity contribution in [3.8, 4) is 0 Å². The Labute approximate surface area is 255 Å². The average Bonchev–Trinajstić information content (AvgIpc) is 3.51. The van der Waals surface area contributed by atoms with Gasteiger partial charge in [0.2, 0.25) is 0 Å². The van der Waals surface area contributed by atoms with E-state index in [1.165, 1.54) is 7.11 Å². The fourth-order valence-electron chi connectivity index (χ4n) is 5.77. The second-order valence-electron chi connectivity index (χ2n) is 10.4. The zero-order valence-electron chi connectivity index (χ0n) is 24.3. The fraction of sp³-hybridized carbons (Fsp3) is 0.111. The van der Waals surface area contributed by atoms with E-state index in [-0.39, 0.29) is 17.6 Å². The van der Waals surface area contributed by atoms with Gasteiger partial charge in [0.1, 0.15) is 5.82 Å². The van der Waals surface area contributed by atoms with Crippen molar-refractivity contribution >= 4 is 28.7 Å². The fourth-order valence-corrected chi connectivity index (χ4v) is 5.77. The minimum absolute atomic E-state index is 0.103. The van der Waals surface area contributed by atoms with E-state index in [1.54, 1.807) is 6.07 Å². The van der Waals surface area contributed by atoms with Crippen LogP contribution in [-0.4, -0.2) is 34.3 Å². The molecule has 0 aliphatic heterocycles.